The average molecular weight is 412 g/mol. The van der Waals surface area contributed by atoms with E-state index in [2.05, 4.69) is 86.6 Å². The first-order valence-electron chi connectivity index (χ1n) is 8.18. The molecule has 0 spiro atoms. The third-order valence-electron chi connectivity index (χ3n) is 4.08. The van der Waals surface area contributed by atoms with Crippen molar-refractivity contribution in [1.29, 1.82) is 0 Å². The van der Waals surface area contributed by atoms with Crippen LogP contribution >= 0.6 is 27.7 Å². The minimum Gasteiger partial charge on any atom is -0.367 e. The molecule has 2 heterocycles. The highest BCUT2D eigenvalue weighted by Gasteiger charge is 2.15. The molecule has 1 N–H and O–H groups in total. The number of thioether (sulfide) groups is 1. The van der Waals surface area contributed by atoms with Gasteiger partial charge in [0.2, 0.25) is 0 Å². The lowest BCUT2D eigenvalue weighted by molar-refractivity contribution is 0.355. The number of hydrogen-bond donors (Lipinski definition) is 1. The van der Waals surface area contributed by atoms with Crippen LogP contribution in [-0.4, -0.2) is 14.9 Å². The summed E-state index contributed by atoms with van der Waals surface area (Å²) in [6.07, 6.45) is 4.24. The molecule has 0 bridgehead atoms. The maximum Gasteiger partial charge on any atom is 0.117 e. The SMILES string of the molecule is Brc1ccc(CN2C=Cc3nc(CSc4ccccc4)[nH]c3C2)cc1. The summed E-state index contributed by atoms with van der Waals surface area (Å²) < 4.78 is 1.11. The van der Waals surface area contributed by atoms with Gasteiger partial charge < -0.3 is 9.88 Å². The zero-order chi connectivity index (χ0) is 17.1. The molecule has 5 heteroatoms. The molecule has 0 radical (unpaired) electrons. The quantitative estimate of drug-likeness (QED) is 0.566. The van der Waals surface area contributed by atoms with E-state index in [1.807, 2.05) is 6.07 Å². The topological polar surface area (TPSA) is 31.9 Å². The molecule has 126 valence electrons. The standard InChI is InChI=1S/C20H18BrN3S/c21-16-8-6-15(7-9-16)12-24-11-10-18-19(13-24)23-20(22-18)14-25-17-4-2-1-3-5-17/h1-11H,12-14H2,(H,22,23). The summed E-state index contributed by atoms with van der Waals surface area (Å²) in [5.74, 6) is 1.89. The van der Waals surface area contributed by atoms with Gasteiger partial charge in [0.25, 0.3) is 0 Å². The van der Waals surface area contributed by atoms with Crippen molar-refractivity contribution in [3.63, 3.8) is 0 Å². The summed E-state index contributed by atoms with van der Waals surface area (Å²) in [4.78, 5) is 11.8. The number of hydrogen-bond acceptors (Lipinski definition) is 3. The first-order valence-corrected chi connectivity index (χ1v) is 9.96. The molecule has 0 amide bonds. The van der Waals surface area contributed by atoms with Gasteiger partial charge in [0.1, 0.15) is 5.82 Å². The van der Waals surface area contributed by atoms with Gasteiger partial charge in [0.15, 0.2) is 0 Å². The predicted octanol–water partition coefficient (Wildman–Crippen LogP) is 5.45. The van der Waals surface area contributed by atoms with E-state index >= 15 is 0 Å². The molecule has 0 atom stereocenters. The van der Waals surface area contributed by atoms with Gasteiger partial charge in [-0.1, -0.05) is 46.3 Å². The average Bonchev–Trinajstić information content (AvgIpc) is 3.05. The molecule has 0 saturated carbocycles. The van der Waals surface area contributed by atoms with Crippen molar-refractivity contribution in [3.05, 3.63) is 88.0 Å². The number of fused-ring (bicyclic) bond motifs is 1. The minimum absolute atomic E-state index is 0.859. The van der Waals surface area contributed by atoms with E-state index in [0.717, 1.165) is 34.8 Å². The second-order valence-corrected chi connectivity index (χ2v) is 7.96. The van der Waals surface area contributed by atoms with Crippen LogP contribution in [-0.2, 0) is 18.8 Å². The van der Waals surface area contributed by atoms with E-state index in [9.17, 15) is 0 Å². The number of imidazole rings is 1. The molecular formula is C20H18BrN3S. The summed E-state index contributed by atoms with van der Waals surface area (Å²) >= 11 is 5.29. The lowest BCUT2D eigenvalue weighted by atomic mass is 10.2. The van der Waals surface area contributed by atoms with Crippen LogP contribution < -0.4 is 0 Å². The van der Waals surface area contributed by atoms with Crippen molar-refractivity contribution in [3.8, 4) is 0 Å². The van der Waals surface area contributed by atoms with Crippen molar-refractivity contribution in [2.24, 2.45) is 0 Å². The molecule has 4 rings (SSSR count). The van der Waals surface area contributed by atoms with Crippen molar-refractivity contribution < 1.29 is 0 Å². The van der Waals surface area contributed by atoms with Gasteiger partial charge in [-0.05, 0) is 35.9 Å². The van der Waals surface area contributed by atoms with Crippen LogP contribution in [0, 0.1) is 0 Å². The Morgan fingerprint density at radius 3 is 2.68 bits per heavy atom. The van der Waals surface area contributed by atoms with Gasteiger partial charge in [-0.3, -0.25) is 0 Å². The van der Waals surface area contributed by atoms with Crippen molar-refractivity contribution in [1.82, 2.24) is 14.9 Å². The second kappa shape index (κ2) is 7.50. The van der Waals surface area contributed by atoms with Crippen molar-refractivity contribution >= 4 is 33.8 Å². The third-order valence-corrected chi connectivity index (χ3v) is 5.63. The highest BCUT2D eigenvalue weighted by molar-refractivity contribution is 9.10. The van der Waals surface area contributed by atoms with E-state index in [-0.39, 0.29) is 0 Å². The number of benzene rings is 2. The van der Waals surface area contributed by atoms with E-state index in [0.29, 0.717) is 0 Å². The monoisotopic (exact) mass is 411 g/mol. The molecule has 1 aliphatic heterocycles. The fraction of sp³-hybridized carbons (Fsp3) is 0.150. The Morgan fingerprint density at radius 1 is 1.08 bits per heavy atom. The molecule has 3 nitrogen and oxygen atoms in total. The Kier molecular flexibility index (Phi) is 4.95. The van der Waals surface area contributed by atoms with Crippen LogP contribution in [0.1, 0.15) is 22.8 Å². The van der Waals surface area contributed by atoms with Crippen LogP contribution in [0.3, 0.4) is 0 Å². The number of aromatic nitrogens is 2. The lowest BCUT2D eigenvalue weighted by Gasteiger charge is -2.23. The van der Waals surface area contributed by atoms with Gasteiger partial charge in [0.05, 0.1) is 23.7 Å². The van der Waals surface area contributed by atoms with Crippen LogP contribution in [0.15, 0.2) is 70.2 Å². The summed E-state index contributed by atoms with van der Waals surface area (Å²) in [6.45, 7) is 1.77. The van der Waals surface area contributed by atoms with Gasteiger partial charge in [-0.25, -0.2) is 4.98 Å². The zero-order valence-corrected chi connectivity index (χ0v) is 16.1. The maximum atomic E-state index is 4.72. The zero-order valence-electron chi connectivity index (χ0n) is 13.7. The number of halogens is 1. The van der Waals surface area contributed by atoms with E-state index in [1.54, 1.807) is 11.8 Å². The third kappa shape index (κ3) is 4.17. The predicted molar refractivity (Wildman–Crippen MR) is 107 cm³/mol. The molecule has 0 unspecified atom stereocenters. The largest absolute Gasteiger partial charge is 0.367 e. The van der Waals surface area contributed by atoms with Gasteiger partial charge in [-0.2, -0.15) is 0 Å². The molecule has 3 aromatic rings. The highest BCUT2D eigenvalue weighted by atomic mass is 79.9. The minimum atomic E-state index is 0.859. The fourth-order valence-corrected chi connectivity index (χ4v) is 3.89. The number of rotatable bonds is 5. The van der Waals surface area contributed by atoms with Gasteiger partial charge in [0, 0.05) is 22.1 Å². The highest BCUT2D eigenvalue weighted by Crippen LogP contribution is 2.24. The van der Waals surface area contributed by atoms with Crippen molar-refractivity contribution in [2.75, 3.05) is 0 Å². The second-order valence-electron chi connectivity index (χ2n) is 6.00. The maximum absolute atomic E-state index is 4.72. The number of nitrogens with zero attached hydrogens (tertiary/aromatic N) is 2. The van der Waals surface area contributed by atoms with Gasteiger partial charge in [-0.15, -0.1) is 11.8 Å². The molecule has 0 saturated heterocycles. The number of H-pyrrole nitrogens is 1. The molecule has 1 aromatic heterocycles. The molecule has 2 aromatic carbocycles. The smallest absolute Gasteiger partial charge is 0.117 e. The van der Waals surface area contributed by atoms with Gasteiger partial charge >= 0.3 is 0 Å². The van der Waals surface area contributed by atoms with E-state index in [4.69, 9.17) is 4.98 Å². The van der Waals surface area contributed by atoms with Crippen LogP contribution in [0.4, 0.5) is 0 Å². The molecule has 25 heavy (non-hydrogen) atoms. The van der Waals surface area contributed by atoms with Crippen LogP contribution in [0.5, 0.6) is 0 Å². The Labute approximate surface area is 160 Å². The Bertz CT molecular complexity index is 872. The summed E-state index contributed by atoms with van der Waals surface area (Å²) in [7, 11) is 0. The molecule has 1 aliphatic rings. The Hall–Kier alpha value is -1.98. The molecule has 0 aliphatic carbocycles. The van der Waals surface area contributed by atoms with Crippen LogP contribution in [0.25, 0.3) is 6.08 Å². The normalized spacial score (nSPS) is 13.1. The lowest BCUT2D eigenvalue weighted by Crippen LogP contribution is -2.19. The van der Waals surface area contributed by atoms with Crippen LogP contribution in [0.2, 0.25) is 0 Å². The Balaban J connectivity index is 1.39. The summed E-state index contributed by atoms with van der Waals surface area (Å²) in [5.41, 5.74) is 3.56. The summed E-state index contributed by atoms with van der Waals surface area (Å²) in [6, 6.07) is 18.9. The molecular weight excluding hydrogens is 394 g/mol. The number of nitrogens with one attached hydrogen (secondary N) is 1. The summed E-state index contributed by atoms with van der Waals surface area (Å²) in [5, 5.41) is 0. The van der Waals surface area contributed by atoms with E-state index in [1.165, 1.54) is 16.2 Å². The van der Waals surface area contributed by atoms with Crippen molar-refractivity contribution in [2.45, 2.75) is 23.7 Å². The van der Waals surface area contributed by atoms with E-state index < -0.39 is 0 Å². The molecule has 0 fully saturated rings. The first kappa shape index (κ1) is 16.5. The first-order chi connectivity index (χ1) is 12.3. The Morgan fingerprint density at radius 2 is 1.88 bits per heavy atom. The number of aromatic amines is 1. The fourth-order valence-electron chi connectivity index (χ4n) is 2.84.